The largest absolute Gasteiger partial charge is 0.356 e. The third-order valence-corrected chi connectivity index (χ3v) is 5.89. The first-order valence-corrected chi connectivity index (χ1v) is 8.50. The zero-order valence-electron chi connectivity index (χ0n) is 12.8. The third kappa shape index (κ3) is 2.89. The van der Waals surface area contributed by atoms with Crippen molar-refractivity contribution >= 4 is 22.4 Å². The number of nitrogens with zero attached hydrogens (tertiary/aromatic N) is 4. The lowest BCUT2D eigenvalue weighted by molar-refractivity contribution is -0.120. The van der Waals surface area contributed by atoms with Crippen LogP contribution in [-0.4, -0.2) is 59.8 Å². The Bertz CT molecular complexity index is 519. The van der Waals surface area contributed by atoms with Gasteiger partial charge < -0.3 is 10.2 Å². The number of aryl methyl sites for hydroxylation is 1. The number of hydrogen-bond donors (Lipinski definition) is 1. The van der Waals surface area contributed by atoms with Crippen molar-refractivity contribution in [2.45, 2.75) is 38.1 Å². The molecule has 1 spiro atoms. The molecular formula is C14H23N5OS. The van der Waals surface area contributed by atoms with Gasteiger partial charge in [-0.1, -0.05) is 18.3 Å². The monoisotopic (exact) mass is 309 g/mol. The van der Waals surface area contributed by atoms with Gasteiger partial charge in [0.15, 0.2) is 0 Å². The molecule has 21 heavy (non-hydrogen) atoms. The van der Waals surface area contributed by atoms with Gasteiger partial charge in [0.1, 0.15) is 5.01 Å². The summed E-state index contributed by atoms with van der Waals surface area (Å²) in [4.78, 5) is 16.4. The van der Waals surface area contributed by atoms with Crippen LogP contribution in [-0.2, 0) is 11.2 Å². The summed E-state index contributed by atoms with van der Waals surface area (Å²) in [5.74, 6) is 0.182. The molecule has 2 fully saturated rings. The Morgan fingerprint density at radius 1 is 1.33 bits per heavy atom. The van der Waals surface area contributed by atoms with Crippen molar-refractivity contribution in [3.05, 3.63) is 5.01 Å². The molecule has 1 N–H and O–H groups in total. The Morgan fingerprint density at radius 3 is 2.95 bits per heavy atom. The fourth-order valence-corrected chi connectivity index (χ4v) is 4.08. The number of aromatic nitrogens is 2. The van der Waals surface area contributed by atoms with Crippen LogP contribution >= 0.6 is 11.3 Å². The maximum absolute atomic E-state index is 11.6. The van der Waals surface area contributed by atoms with E-state index in [0.717, 1.165) is 55.6 Å². The molecule has 0 unspecified atom stereocenters. The van der Waals surface area contributed by atoms with Crippen molar-refractivity contribution in [3.8, 4) is 0 Å². The molecule has 0 saturated carbocycles. The number of carbonyl (C=O) groups excluding carboxylic acids is 1. The smallest absolute Gasteiger partial charge is 0.220 e. The summed E-state index contributed by atoms with van der Waals surface area (Å²) in [5.41, 5.74) is 0.0788. The van der Waals surface area contributed by atoms with E-state index in [1.54, 1.807) is 11.3 Å². The summed E-state index contributed by atoms with van der Waals surface area (Å²) >= 11 is 1.70. The molecule has 116 valence electrons. The van der Waals surface area contributed by atoms with E-state index in [4.69, 9.17) is 0 Å². The minimum atomic E-state index is 0.0788. The molecule has 6 nitrogen and oxygen atoms in total. The Hall–Kier alpha value is -1.21. The van der Waals surface area contributed by atoms with Gasteiger partial charge in [0.2, 0.25) is 11.0 Å². The van der Waals surface area contributed by atoms with Crippen molar-refractivity contribution in [2.75, 3.05) is 38.1 Å². The topological polar surface area (TPSA) is 61.4 Å². The Balaban J connectivity index is 1.78. The standard InChI is InChI=1S/C14H23N5OS/c1-3-12-16-17-13(21-12)19-9-8-18(2)14(10-19)5-4-11(20)15-7-6-14/h3-10H2,1-2H3,(H,15,20)/t14-/m1/s1. The van der Waals surface area contributed by atoms with E-state index in [1.807, 2.05) is 0 Å². The second-order valence-electron chi connectivity index (χ2n) is 6.00. The van der Waals surface area contributed by atoms with Crippen molar-refractivity contribution in [1.29, 1.82) is 0 Å². The number of rotatable bonds is 2. The first-order valence-electron chi connectivity index (χ1n) is 7.68. The number of likely N-dealkylation sites (N-methyl/N-ethyl adjacent to an activating group) is 1. The molecule has 2 saturated heterocycles. The highest BCUT2D eigenvalue weighted by Gasteiger charge is 2.41. The van der Waals surface area contributed by atoms with Gasteiger partial charge in [0.25, 0.3) is 0 Å². The molecule has 0 radical (unpaired) electrons. The fourth-order valence-electron chi connectivity index (χ4n) is 3.28. The van der Waals surface area contributed by atoms with Crippen molar-refractivity contribution in [1.82, 2.24) is 20.4 Å². The van der Waals surface area contributed by atoms with E-state index in [2.05, 4.69) is 39.3 Å². The zero-order valence-corrected chi connectivity index (χ0v) is 13.6. The normalized spacial score (nSPS) is 27.7. The fraction of sp³-hybridized carbons (Fsp3) is 0.786. The summed E-state index contributed by atoms with van der Waals surface area (Å²) in [5, 5.41) is 13.7. The van der Waals surface area contributed by atoms with Gasteiger partial charge >= 0.3 is 0 Å². The first kappa shape index (κ1) is 14.7. The quantitative estimate of drug-likeness (QED) is 0.879. The molecule has 1 amide bonds. The van der Waals surface area contributed by atoms with Gasteiger partial charge in [-0.3, -0.25) is 9.69 Å². The lowest BCUT2D eigenvalue weighted by atomic mass is 9.86. The summed E-state index contributed by atoms with van der Waals surface area (Å²) in [6.07, 6.45) is 3.49. The maximum Gasteiger partial charge on any atom is 0.220 e. The molecule has 2 aliphatic heterocycles. The van der Waals surface area contributed by atoms with E-state index < -0.39 is 0 Å². The van der Waals surface area contributed by atoms with Crippen LogP contribution in [0, 0.1) is 0 Å². The van der Waals surface area contributed by atoms with E-state index in [-0.39, 0.29) is 11.4 Å². The van der Waals surface area contributed by atoms with Crippen LogP contribution in [0.2, 0.25) is 0 Å². The summed E-state index contributed by atoms with van der Waals surface area (Å²) in [6, 6.07) is 0. The van der Waals surface area contributed by atoms with Crippen LogP contribution in [0.15, 0.2) is 0 Å². The third-order valence-electron chi connectivity index (χ3n) is 4.76. The van der Waals surface area contributed by atoms with Crippen LogP contribution in [0.5, 0.6) is 0 Å². The molecule has 0 bridgehead atoms. The van der Waals surface area contributed by atoms with Crippen LogP contribution < -0.4 is 10.2 Å². The SMILES string of the molecule is CCc1nnc(N2CCN(C)[C@]3(CCNC(=O)CC3)C2)s1. The van der Waals surface area contributed by atoms with E-state index in [0.29, 0.717) is 6.42 Å². The second-order valence-corrected chi connectivity index (χ2v) is 7.04. The minimum absolute atomic E-state index is 0.0788. The van der Waals surface area contributed by atoms with Gasteiger partial charge in [-0.25, -0.2) is 0 Å². The van der Waals surface area contributed by atoms with Crippen molar-refractivity contribution in [2.24, 2.45) is 0 Å². The summed E-state index contributed by atoms with van der Waals surface area (Å²) in [7, 11) is 2.19. The molecule has 7 heteroatoms. The van der Waals surface area contributed by atoms with Crippen LogP contribution in [0.1, 0.15) is 31.2 Å². The first-order chi connectivity index (χ1) is 10.1. The van der Waals surface area contributed by atoms with Gasteiger partial charge in [-0.2, -0.15) is 0 Å². The number of carbonyl (C=O) groups is 1. The van der Waals surface area contributed by atoms with Crippen LogP contribution in [0.4, 0.5) is 5.13 Å². The average Bonchev–Trinajstić information content (AvgIpc) is 2.89. The number of anilines is 1. The van der Waals surface area contributed by atoms with Crippen molar-refractivity contribution in [3.63, 3.8) is 0 Å². The molecule has 0 aliphatic carbocycles. The number of nitrogens with one attached hydrogen (secondary N) is 1. The highest BCUT2D eigenvalue weighted by Crippen LogP contribution is 2.33. The van der Waals surface area contributed by atoms with Crippen LogP contribution in [0.25, 0.3) is 0 Å². The van der Waals surface area contributed by atoms with E-state index >= 15 is 0 Å². The lowest BCUT2D eigenvalue weighted by Crippen LogP contribution is -2.61. The van der Waals surface area contributed by atoms with Crippen molar-refractivity contribution < 1.29 is 4.79 Å². The minimum Gasteiger partial charge on any atom is -0.356 e. The zero-order chi connectivity index (χ0) is 14.9. The predicted molar refractivity (Wildman–Crippen MR) is 83.7 cm³/mol. The number of hydrogen-bond acceptors (Lipinski definition) is 6. The molecule has 3 rings (SSSR count). The highest BCUT2D eigenvalue weighted by molar-refractivity contribution is 7.15. The summed E-state index contributed by atoms with van der Waals surface area (Å²) in [6.45, 7) is 5.82. The summed E-state index contributed by atoms with van der Waals surface area (Å²) < 4.78 is 0. The van der Waals surface area contributed by atoms with Gasteiger partial charge in [0.05, 0.1) is 0 Å². The molecule has 1 atom stereocenters. The van der Waals surface area contributed by atoms with Gasteiger partial charge in [0, 0.05) is 38.1 Å². The van der Waals surface area contributed by atoms with E-state index in [9.17, 15) is 4.79 Å². The number of amides is 1. The lowest BCUT2D eigenvalue weighted by Gasteiger charge is -2.49. The van der Waals surface area contributed by atoms with Gasteiger partial charge in [-0.15, -0.1) is 10.2 Å². The Labute approximate surface area is 129 Å². The molecule has 3 heterocycles. The van der Waals surface area contributed by atoms with E-state index in [1.165, 1.54) is 0 Å². The Kier molecular flexibility index (Phi) is 4.12. The second kappa shape index (κ2) is 5.88. The molecule has 0 aromatic carbocycles. The number of piperazine rings is 1. The maximum atomic E-state index is 11.6. The van der Waals surface area contributed by atoms with Crippen LogP contribution in [0.3, 0.4) is 0 Å². The predicted octanol–water partition coefficient (Wildman–Crippen LogP) is 0.891. The Morgan fingerprint density at radius 2 is 2.19 bits per heavy atom. The molecular weight excluding hydrogens is 286 g/mol. The average molecular weight is 309 g/mol. The molecule has 2 aliphatic rings. The highest BCUT2D eigenvalue weighted by atomic mass is 32.1. The molecule has 1 aromatic heterocycles. The molecule has 1 aromatic rings. The van der Waals surface area contributed by atoms with Gasteiger partial charge in [-0.05, 0) is 26.3 Å².